The highest BCUT2D eigenvalue weighted by Crippen LogP contribution is 2.10. The van der Waals surface area contributed by atoms with E-state index in [1.165, 1.54) is 64.2 Å². The molecular formula is C15H33N3. The number of rotatable bonds is 11. The van der Waals surface area contributed by atoms with E-state index in [4.69, 9.17) is 0 Å². The number of guanidine groups is 1. The van der Waals surface area contributed by atoms with Crippen LogP contribution in [0, 0.1) is 0 Å². The molecule has 3 nitrogen and oxygen atoms in total. The number of aliphatic imine (C=N–C) groups is 1. The van der Waals surface area contributed by atoms with Crippen molar-refractivity contribution in [3.63, 3.8) is 0 Å². The zero-order valence-electron chi connectivity index (χ0n) is 12.7. The number of nitrogens with zero attached hydrogens (tertiary/aromatic N) is 1. The van der Waals surface area contributed by atoms with Crippen LogP contribution in [0.1, 0.15) is 71.1 Å². The summed E-state index contributed by atoms with van der Waals surface area (Å²) in [7, 11) is 3.70. The summed E-state index contributed by atoms with van der Waals surface area (Å²) < 4.78 is 0. The Kier molecular flexibility index (Phi) is 13.8. The first-order valence-electron chi connectivity index (χ1n) is 7.73. The van der Waals surface area contributed by atoms with E-state index >= 15 is 0 Å². The summed E-state index contributed by atoms with van der Waals surface area (Å²) in [6.07, 6.45) is 13.9. The molecule has 0 aliphatic rings. The van der Waals surface area contributed by atoms with Gasteiger partial charge in [0.15, 0.2) is 5.96 Å². The molecule has 0 aromatic heterocycles. The van der Waals surface area contributed by atoms with Crippen LogP contribution in [0.3, 0.4) is 0 Å². The molecule has 0 aliphatic carbocycles. The van der Waals surface area contributed by atoms with Gasteiger partial charge in [-0.2, -0.15) is 0 Å². The number of hydrogen-bond acceptors (Lipinski definition) is 1. The van der Waals surface area contributed by atoms with Gasteiger partial charge < -0.3 is 10.6 Å². The van der Waals surface area contributed by atoms with E-state index < -0.39 is 0 Å². The Hall–Kier alpha value is -0.730. The van der Waals surface area contributed by atoms with E-state index in [2.05, 4.69) is 22.5 Å². The van der Waals surface area contributed by atoms with Crippen molar-refractivity contribution >= 4 is 5.96 Å². The van der Waals surface area contributed by atoms with Crippen molar-refractivity contribution in [3.05, 3.63) is 0 Å². The lowest BCUT2D eigenvalue weighted by Crippen LogP contribution is -2.35. The van der Waals surface area contributed by atoms with Crippen molar-refractivity contribution in [1.82, 2.24) is 10.6 Å². The fraction of sp³-hybridized carbons (Fsp3) is 0.933. The van der Waals surface area contributed by atoms with Crippen LogP contribution in [0.5, 0.6) is 0 Å². The topological polar surface area (TPSA) is 36.4 Å². The van der Waals surface area contributed by atoms with Crippen LogP contribution in [-0.2, 0) is 0 Å². The average Bonchev–Trinajstić information content (AvgIpc) is 2.40. The van der Waals surface area contributed by atoms with Gasteiger partial charge in [0, 0.05) is 20.6 Å². The predicted molar refractivity (Wildman–Crippen MR) is 82.3 cm³/mol. The van der Waals surface area contributed by atoms with Gasteiger partial charge in [0.05, 0.1) is 0 Å². The largest absolute Gasteiger partial charge is 0.359 e. The van der Waals surface area contributed by atoms with Crippen LogP contribution in [0.25, 0.3) is 0 Å². The van der Waals surface area contributed by atoms with Crippen LogP contribution in [-0.4, -0.2) is 26.6 Å². The molecule has 0 aromatic carbocycles. The Morgan fingerprint density at radius 3 is 1.78 bits per heavy atom. The minimum atomic E-state index is 0.894. The highest BCUT2D eigenvalue weighted by atomic mass is 15.1. The van der Waals surface area contributed by atoms with Gasteiger partial charge in [-0.15, -0.1) is 0 Å². The van der Waals surface area contributed by atoms with E-state index in [9.17, 15) is 0 Å². The molecule has 0 spiro atoms. The van der Waals surface area contributed by atoms with Crippen molar-refractivity contribution in [2.45, 2.75) is 71.1 Å². The molecule has 0 amide bonds. The normalized spacial score (nSPS) is 11.6. The van der Waals surface area contributed by atoms with Gasteiger partial charge in [0.2, 0.25) is 0 Å². The van der Waals surface area contributed by atoms with Crippen molar-refractivity contribution in [2.24, 2.45) is 4.99 Å². The van der Waals surface area contributed by atoms with Crippen molar-refractivity contribution in [2.75, 3.05) is 20.6 Å². The van der Waals surface area contributed by atoms with Gasteiger partial charge in [-0.05, 0) is 6.42 Å². The van der Waals surface area contributed by atoms with E-state index in [1.54, 1.807) is 7.05 Å². The highest BCUT2D eigenvalue weighted by Gasteiger charge is 1.94. The second kappa shape index (κ2) is 14.3. The Morgan fingerprint density at radius 2 is 1.33 bits per heavy atom. The zero-order valence-corrected chi connectivity index (χ0v) is 12.7. The van der Waals surface area contributed by atoms with Gasteiger partial charge in [-0.3, -0.25) is 4.99 Å². The molecule has 0 unspecified atom stereocenters. The molecule has 0 fully saturated rings. The zero-order chi connectivity index (χ0) is 13.5. The first-order chi connectivity index (χ1) is 8.85. The lowest BCUT2D eigenvalue weighted by Gasteiger charge is -2.07. The summed E-state index contributed by atoms with van der Waals surface area (Å²) in [4.78, 5) is 4.08. The third-order valence-corrected chi connectivity index (χ3v) is 3.28. The maximum atomic E-state index is 4.08. The molecule has 18 heavy (non-hydrogen) atoms. The molecule has 0 aromatic rings. The van der Waals surface area contributed by atoms with Crippen LogP contribution in [0.2, 0.25) is 0 Å². The second-order valence-electron chi connectivity index (χ2n) is 4.93. The number of hydrogen-bond donors (Lipinski definition) is 2. The van der Waals surface area contributed by atoms with Crippen LogP contribution in [0.4, 0.5) is 0 Å². The minimum Gasteiger partial charge on any atom is -0.359 e. The van der Waals surface area contributed by atoms with Crippen LogP contribution >= 0.6 is 0 Å². The van der Waals surface area contributed by atoms with Crippen molar-refractivity contribution < 1.29 is 0 Å². The first-order valence-corrected chi connectivity index (χ1v) is 7.73. The fourth-order valence-electron chi connectivity index (χ4n) is 2.10. The van der Waals surface area contributed by atoms with E-state index in [-0.39, 0.29) is 0 Å². The quantitative estimate of drug-likeness (QED) is 0.335. The molecule has 0 saturated carbocycles. The maximum absolute atomic E-state index is 4.08. The van der Waals surface area contributed by atoms with Gasteiger partial charge >= 0.3 is 0 Å². The second-order valence-corrected chi connectivity index (χ2v) is 4.93. The van der Waals surface area contributed by atoms with Crippen LogP contribution in [0.15, 0.2) is 4.99 Å². The fourth-order valence-corrected chi connectivity index (χ4v) is 2.10. The maximum Gasteiger partial charge on any atom is 0.190 e. The Bertz CT molecular complexity index is 190. The minimum absolute atomic E-state index is 0.894. The molecule has 3 heteroatoms. The third kappa shape index (κ3) is 11.7. The van der Waals surface area contributed by atoms with Crippen LogP contribution < -0.4 is 10.6 Å². The lowest BCUT2D eigenvalue weighted by atomic mass is 10.1. The molecule has 0 atom stereocenters. The van der Waals surface area contributed by atoms with Crippen molar-refractivity contribution in [3.8, 4) is 0 Å². The predicted octanol–water partition coefficient (Wildman–Crippen LogP) is 3.70. The molecule has 108 valence electrons. The van der Waals surface area contributed by atoms with Gasteiger partial charge in [0.1, 0.15) is 0 Å². The smallest absolute Gasteiger partial charge is 0.190 e. The lowest BCUT2D eigenvalue weighted by molar-refractivity contribution is 0.554. The summed E-state index contributed by atoms with van der Waals surface area (Å²) in [6, 6.07) is 0. The van der Waals surface area contributed by atoms with E-state index in [0.717, 1.165) is 12.5 Å². The summed E-state index contributed by atoms with van der Waals surface area (Å²) >= 11 is 0. The molecule has 0 bridgehead atoms. The Morgan fingerprint density at radius 1 is 0.833 bits per heavy atom. The summed E-state index contributed by atoms with van der Waals surface area (Å²) in [5, 5.41) is 6.31. The van der Waals surface area contributed by atoms with E-state index in [1.807, 2.05) is 7.05 Å². The number of nitrogens with one attached hydrogen (secondary N) is 2. The summed E-state index contributed by atoms with van der Waals surface area (Å²) in [5.74, 6) is 0.894. The molecular weight excluding hydrogens is 222 g/mol. The molecule has 0 radical (unpaired) electrons. The van der Waals surface area contributed by atoms with Gasteiger partial charge in [-0.25, -0.2) is 0 Å². The SMILES string of the molecule is CCCCCCCCCCCCNC(=NC)NC. The van der Waals surface area contributed by atoms with Crippen molar-refractivity contribution in [1.29, 1.82) is 0 Å². The molecule has 0 heterocycles. The monoisotopic (exact) mass is 255 g/mol. The summed E-state index contributed by atoms with van der Waals surface area (Å²) in [5.41, 5.74) is 0. The third-order valence-electron chi connectivity index (χ3n) is 3.28. The average molecular weight is 255 g/mol. The number of unbranched alkanes of at least 4 members (excludes halogenated alkanes) is 9. The highest BCUT2D eigenvalue weighted by molar-refractivity contribution is 5.79. The summed E-state index contributed by atoms with van der Waals surface area (Å²) in [6.45, 7) is 3.31. The molecule has 2 N–H and O–H groups in total. The molecule has 0 saturated heterocycles. The Balaban J connectivity index is 3.07. The molecule has 0 aliphatic heterocycles. The standard InChI is InChI=1S/C15H33N3/c1-4-5-6-7-8-9-10-11-12-13-14-18-15(16-2)17-3/h4-14H2,1-3H3,(H2,16,17,18). The Labute approximate surface area is 114 Å². The van der Waals surface area contributed by atoms with E-state index in [0.29, 0.717) is 0 Å². The van der Waals surface area contributed by atoms with Gasteiger partial charge in [0.25, 0.3) is 0 Å². The van der Waals surface area contributed by atoms with Gasteiger partial charge in [-0.1, -0.05) is 64.7 Å². The first kappa shape index (κ1) is 17.3. The molecule has 0 rings (SSSR count).